The number of aromatic nitrogens is 3. The number of ether oxygens (including phenoxy) is 2. The van der Waals surface area contributed by atoms with E-state index in [1.54, 1.807) is 4.68 Å². The molecule has 1 aromatic heterocycles. The molecule has 1 N–H and O–H groups in total. The van der Waals surface area contributed by atoms with Gasteiger partial charge >= 0.3 is 0 Å². The van der Waals surface area contributed by atoms with E-state index in [1.807, 2.05) is 70.5 Å². The molecule has 220 valence electrons. The normalized spacial score (nSPS) is 19.0. The Kier molecular flexibility index (Phi) is 10.7. The molecule has 3 aromatic rings. The van der Waals surface area contributed by atoms with Crippen molar-refractivity contribution in [2.75, 3.05) is 45.9 Å². The molecule has 0 saturated carbocycles. The Labute approximate surface area is 247 Å². The zero-order chi connectivity index (χ0) is 27.9. The number of carbonyl (C=O) groups is 2. The lowest BCUT2D eigenvalue weighted by molar-refractivity contribution is -0.140. The van der Waals surface area contributed by atoms with Crippen molar-refractivity contribution < 1.29 is 19.1 Å². The van der Waals surface area contributed by atoms with Crippen LogP contribution in [-0.4, -0.2) is 88.6 Å². The summed E-state index contributed by atoms with van der Waals surface area (Å²) >= 11 is 0. The second-order valence-corrected chi connectivity index (χ2v) is 10.8. The van der Waals surface area contributed by atoms with Crippen molar-refractivity contribution in [1.82, 2.24) is 30.1 Å². The maximum absolute atomic E-state index is 14.2. The van der Waals surface area contributed by atoms with Gasteiger partial charge < -0.3 is 24.6 Å². The Balaban J connectivity index is 0.00000387. The van der Waals surface area contributed by atoms with E-state index in [2.05, 4.69) is 29.5 Å². The van der Waals surface area contributed by atoms with Gasteiger partial charge in [0.2, 0.25) is 5.91 Å². The SMILES string of the molecule is CC(C)CN(C(=O)c1nnn(-c2ccccc2)c1COc1ccccc1)[C@@H]1CNC[C@H](C(=O)N2CCOCC2)C1.Cl. The molecule has 0 bridgehead atoms. The Bertz CT molecular complexity index is 1270. The fourth-order valence-corrected chi connectivity index (χ4v) is 5.36. The molecule has 3 heterocycles. The molecule has 0 spiro atoms. The van der Waals surface area contributed by atoms with Gasteiger partial charge in [-0.3, -0.25) is 9.59 Å². The molecule has 2 aromatic carbocycles. The van der Waals surface area contributed by atoms with E-state index in [1.165, 1.54) is 0 Å². The quantitative estimate of drug-likeness (QED) is 0.413. The standard InChI is InChI=1S/C30H38N6O4.ClH/c1-22(2)20-35(25-17-23(18-31-19-25)29(37)34-13-15-39-16-14-34)30(38)28-27(21-40-26-11-7-4-8-12-26)36(33-32-28)24-9-5-3-6-10-24;/h3-12,22-23,25,31H,13-21H2,1-2H3;1H/t23-,25+;/m1./s1. The van der Waals surface area contributed by atoms with Gasteiger partial charge in [0.15, 0.2) is 5.69 Å². The lowest BCUT2D eigenvalue weighted by atomic mass is 9.92. The highest BCUT2D eigenvalue weighted by molar-refractivity contribution is 5.94. The first-order valence-corrected chi connectivity index (χ1v) is 14.1. The van der Waals surface area contributed by atoms with Gasteiger partial charge in [0, 0.05) is 38.8 Å². The van der Waals surface area contributed by atoms with Crippen molar-refractivity contribution in [2.24, 2.45) is 11.8 Å². The van der Waals surface area contributed by atoms with Crippen LogP contribution in [0.5, 0.6) is 5.75 Å². The van der Waals surface area contributed by atoms with Crippen LogP contribution < -0.4 is 10.1 Å². The summed E-state index contributed by atoms with van der Waals surface area (Å²) in [6.45, 7) is 8.44. The maximum Gasteiger partial charge on any atom is 0.276 e. The maximum atomic E-state index is 14.2. The summed E-state index contributed by atoms with van der Waals surface area (Å²) in [5.41, 5.74) is 1.65. The summed E-state index contributed by atoms with van der Waals surface area (Å²) < 4.78 is 13.2. The molecule has 5 rings (SSSR count). The summed E-state index contributed by atoms with van der Waals surface area (Å²) in [4.78, 5) is 31.3. The highest BCUT2D eigenvalue weighted by Gasteiger charge is 2.37. The predicted molar refractivity (Wildman–Crippen MR) is 157 cm³/mol. The van der Waals surface area contributed by atoms with E-state index < -0.39 is 0 Å². The molecule has 11 heteroatoms. The lowest BCUT2D eigenvalue weighted by Crippen LogP contribution is -2.56. The first kappa shape index (κ1) is 30.5. The van der Waals surface area contributed by atoms with E-state index in [4.69, 9.17) is 9.47 Å². The van der Waals surface area contributed by atoms with E-state index in [9.17, 15) is 9.59 Å². The van der Waals surface area contributed by atoms with E-state index >= 15 is 0 Å². The fraction of sp³-hybridized carbons (Fsp3) is 0.467. The van der Waals surface area contributed by atoms with Gasteiger partial charge in [-0.15, -0.1) is 17.5 Å². The monoisotopic (exact) mass is 582 g/mol. The Hall–Kier alpha value is -3.47. The van der Waals surface area contributed by atoms with Crippen molar-refractivity contribution in [3.8, 4) is 11.4 Å². The smallest absolute Gasteiger partial charge is 0.276 e. The summed E-state index contributed by atoms with van der Waals surface area (Å²) in [5.74, 6) is 0.660. The topological polar surface area (TPSA) is 102 Å². The van der Waals surface area contributed by atoms with Crippen LogP contribution in [0, 0.1) is 11.8 Å². The number of carbonyl (C=O) groups excluding carboxylic acids is 2. The van der Waals surface area contributed by atoms with E-state index in [0.717, 1.165) is 5.69 Å². The van der Waals surface area contributed by atoms with E-state index in [-0.39, 0.29) is 54.4 Å². The number of halogens is 1. The van der Waals surface area contributed by atoms with Crippen LogP contribution in [0.3, 0.4) is 0 Å². The van der Waals surface area contributed by atoms with Gasteiger partial charge in [0.25, 0.3) is 5.91 Å². The molecule has 2 saturated heterocycles. The van der Waals surface area contributed by atoms with Crippen LogP contribution in [0.25, 0.3) is 5.69 Å². The van der Waals surface area contributed by atoms with Gasteiger partial charge in [0.1, 0.15) is 18.1 Å². The third-order valence-corrected chi connectivity index (χ3v) is 7.35. The summed E-state index contributed by atoms with van der Waals surface area (Å²) in [7, 11) is 0. The highest BCUT2D eigenvalue weighted by atomic mass is 35.5. The predicted octanol–water partition coefficient (Wildman–Crippen LogP) is 3.20. The molecule has 2 aliphatic rings. The molecular formula is C30H39ClN6O4. The number of nitrogens with one attached hydrogen (secondary N) is 1. The molecule has 41 heavy (non-hydrogen) atoms. The number of benzene rings is 2. The average Bonchev–Trinajstić information content (AvgIpc) is 3.43. The number of hydrogen-bond donors (Lipinski definition) is 1. The molecule has 2 aliphatic heterocycles. The summed E-state index contributed by atoms with van der Waals surface area (Å²) in [6.07, 6.45) is 0.602. The minimum atomic E-state index is -0.200. The molecule has 0 radical (unpaired) electrons. The first-order valence-electron chi connectivity index (χ1n) is 14.1. The van der Waals surface area contributed by atoms with Crippen molar-refractivity contribution in [2.45, 2.75) is 32.9 Å². The number of para-hydroxylation sites is 2. The number of nitrogens with zero attached hydrogens (tertiary/aromatic N) is 5. The Morgan fingerprint density at radius 3 is 2.41 bits per heavy atom. The minimum Gasteiger partial charge on any atom is -0.487 e. The summed E-state index contributed by atoms with van der Waals surface area (Å²) in [6, 6.07) is 19.0. The van der Waals surface area contributed by atoms with Crippen molar-refractivity contribution in [3.63, 3.8) is 0 Å². The lowest BCUT2D eigenvalue weighted by Gasteiger charge is -2.40. The average molecular weight is 583 g/mol. The molecule has 0 unspecified atom stereocenters. The molecule has 0 aliphatic carbocycles. The number of hydrogen-bond acceptors (Lipinski definition) is 7. The molecular weight excluding hydrogens is 544 g/mol. The molecule has 2 fully saturated rings. The Morgan fingerprint density at radius 1 is 1.05 bits per heavy atom. The largest absolute Gasteiger partial charge is 0.487 e. The van der Waals surface area contributed by atoms with Gasteiger partial charge in [-0.05, 0) is 36.6 Å². The minimum absolute atomic E-state index is 0. The number of rotatable bonds is 9. The first-order chi connectivity index (χ1) is 19.5. The van der Waals surface area contributed by atoms with Crippen molar-refractivity contribution >= 4 is 24.2 Å². The van der Waals surface area contributed by atoms with E-state index in [0.29, 0.717) is 63.8 Å². The molecule has 2 amide bonds. The van der Waals surface area contributed by atoms with Crippen LogP contribution in [0.2, 0.25) is 0 Å². The number of piperidine rings is 1. The summed E-state index contributed by atoms with van der Waals surface area (Å²) in [5, 5.41) is 12.2. The second kappa shape index (κ2) is 14.4. The van der Waals surface area contributed by atoms with Crippen molar-refractivity contribution in [1.29, 1.82) is 0 Å². The van der Waals surface area contributed by atoms with Crippen LogP contribution >= 0.6 is 12.4 Å². The van der Waals surface area contributed by atoms with Crippen LogP contribution in [-0.2, 0) is 16.1 Å². The van der Waals surface area contributed by atoms with Crippen LogP contribution in [0.4, 0.5) is 0 Å². The second-order valence-electron chi connectivity index (χ2n) is 10.8. The van der Waals surface area contributed by atoms with Crippen LogP contribution in [0.15, 0.2) is 60.7 Å². The zero-order valence-electron chi connectivity index (χ0n) is 23.6. The van der Waals surface area contributed by atoms with Gasteiger partial charge in [-0.2, -0.15) is 0 Å². The highest BCUT2D eigenvalue weighted by Crippen LogP contribution is 2.24. The van der Waals surface area contributed by atoms with Gasteiger partial charge in [-0.25, -0.2) is 4.68 Å². The van der Waals surface area contributed by atoms with Gasteiger partial charge in [0.05, 0.1) is 24.8 Å². The third-order valence-electron chi connectivity index (χ3n) is 7.35. The molecule has 10 nitrogen and oxygen atoms in total. The van der Waals surface area contributed by atoms with Crippen molar-refractivity contribution in [3.05, 3.63) is 72.1 Å². The fourth-order valence-electron chi connectivity index (χ4n) is 5.36. The Morgan fingerprint density at radius 2 is 1.73 bits per heavy atom. The van der Waals surface area contributed by atoms with Gasteiger partial charge in [-0.1, -0.05) is 55.5 Å². The molecule has 2 atom stereocenters. The number of amides is 2. The zero-order valence-corrected chi connectivity index (χ0v) is 24.5. The van der Waals surface area contributed by atoms with Crippen LogP contribution in [0.1, 0.15) is 36.5 Å². The third kappa shape index (κ3) is 7.44. The number of morpholine rings is 1.